The van der Waals surface area contributed by atoms with Gasteiger partial charge in [0.2, 0.25) is 5.70 Å². The maximum absolute atomic E-state index is 3.14. The van der Waals surface area contributed by atoms with E-state index < -0.39 is 0 Å². The van der Waals surface area contributed by atoms with Crippen LogP contribution in [0.2, 0.25) is 0 Å². The molecule has 0 aromatic heterocycles. The number of halogens is 1. The van der Waals surface area contributed by atoms with Gasteiger partial charge in [-0.2, -0.15) is 0 Å². The van der Waals surface area contributed by atoms with Crippen LogP contribution in [0.25, 0.3) is 0 Å². The molecule has 2 rings (SSSR count). The Kier molecular flexibility index (Phi) is 2.85. The molecule has 0 saturated heterocycles. The highest BCUT2D eigenvalue weighted by molar-refractivity contribution is 5.30. The highest BCUT2D eigenvalue weighted by Crippen LogP contribution is 2.14. The summed E-state index contributed by atoms with van der Waals surface area (Å²) in [5.41, 5.74) is 1.16. The van der Waals surface area contributed by atoms with Crippen LogP contribution in [-0.2, 0) is 0 Å². The second kappa shape index (κ2) is 3.69. The van der Waals surface area contributed by atoms with E-state index in [2.05, 4.69) is 29.3 Å². The first kappa shape index (κ1) is 8.50. The third-order valence-corrected chi connectivity index (χ3v) is 1.59. The van der Waals surface area contributed by atoms with Crippen LogP contribution in [0.4, 0.5) is 0 Å². The number of fused-ring (bicyclic) bond motifs is 1. The maximum Gasteiger partial charge on any atom is 0.209 e. The zero-order valence-electron chi connectivity index (χ0n) is 6.00. The van der Waals surface area contributed by atoms with Crippen LogP contribution in [0.1, 0.15) is 0 Å². The Morgan fingerprint density at radius 2 is 2.27 bits per heavy atom. The number of hydrogen-bond donors (Lipinski definition) is 0. The van der Waals surface area contributed by atoms with E-state index in [0.717, 1.165) is 12.2 Å². The van der Waals surface area contributed by atoms with Crippen molar-refractivity contribution in [3.8, 4) is 0 Å². The van der Waals surface area contributed by atoms with Crippen molar-refractivity contribution in [3.05, 3.63) is 48.4 Å². The van der Waals surface area contributed by atoms with Crippen molar-refractivity contribution in [2.75, 3.05) is 6.54 Å². The Labute approximate surface area is 83.8 Å². The minimum absolute atomic E-state index is 0. The standard InChI is InChI=1S/C9H8N.HI/c1-3-7-10-8-4-2-6-9(10)5-1;/h1-5,7H,8H2;1H/q+1;/p-1. The minimum atomic E-state index is 0. The Bertz CT molecular complexity index is 248. The molecule has 0 spiro atoms. The van der Waals surface area contributed by atoms with E-state index in [1.54, 1.807) is 0 Å². The Balaban J connectivity index is 0.000000605. The first-order valence-corrected chi connectivity index (χ1v) is 3.37. The van der Waals surface area contributed by atoms with Crippen LogP contribution >= 0.6 is 0 Å². The lowest BCUT2D eigenvalue weighted by Crippen LogP contribution is -3.00. The van der Waals surface area contributed by atoms with Crippen molar-refractivity contribution in [1.29, 1.82) is 0 Å². The van der Waals surface area contributed by atoms with Gasteiger partial charge in [0.05, 0.1) is 18.7 Å². The molecule has 0 saturated carbocycles. The molecule has 0 fully saturated rings. The Morgan fingerprint density at radius 1 is 1.36 bits per heavy atom. The summed E-state index contributed by atoms with van der Waals surface area (Å²) in [5, 5.41) is 0. The first-order chi connectivity index (χ1) is 4.97. The fourth-order valence-corrected chi connectivity index (χ4v) is 1.08. The molecule has 2 heterocycles. The van der Waals surface area contributed by atoms with Crippen LogP contribution in [0, 0.1) is 6.08 Å². The summed E-state index contributed by atoms with van der Waals surface area (Å²) in [5.74, 6) is 0. The maximum atomic E-state index is 3.14. The van der Waals surface area contributed by atoms with E-state index in [0.29, 0.717) is 0 Å². The molecule has 2 aliphatic rings. The van der Waals surface area contributed by atoms with Gasteiger partial charge in [0.1, 0.15) is 6.08 Å². The van der Waals surface area contributed by atoms with Crippen molar-refractivity contribution >= 4 is 0 Å². The van der Waals surface area contributed by atoms with Gasteiger partial charge < -0.3 is 28.9 Å². The summed E-state index contributed by atoms with van der Waals surface area (Å²) in [6, 6.07) is 0. The van der Waals surface area contributed by atoms with Crippen LogP contribution in [0.3, 0.4) is 0 Å². The number of hydrogen-bond acceptors (Lipinski definition) is 1. The topological polar surface area (TPSA) is 3.24 Å². The van der Waals surface area contributed by atoms with Crippen molar-refractivity contribution < 1.29 is 24.0 Å². The van der Waals surface area contributed by atoms with E-state index in [1.165, 1.54) is 0 Å². The summed E-state index contributed by atoms with van der Waals surface area (Å²) < 4.78 is 0. The van der Waals surface area contributed by atoms with E-state index in [1.807, 2.05) is 18.2 Å². The van der Waals surface area contributed by atoms with Gasteiger partial charge in [0.25, 0.3) is 0 Å². The molecule has 56 valence electrons. The lowest BCUT2D eigenvalue weighted by Gasteiger charge is -2.16. The van der Waals surface area contributed by atoms with Crippen molar-refractivity contribution in [1.82, 2.24) is 4.90 Å². The summed E-state index contributed by atoms with van der Waals surface area (Å²) in [6.45, 7) is 0.975. The first-order valence-electron chi connectivity index (χ1n) is 3.37. The molecule has 0 amide bonds. The molecule has 0 atom stereocenters. The fourth-order valence-electron chi connectivity index (χ4n) is 1.08. The molecule has 0 radical (unpaired) electrons. The smallest absolute Gasteiger partial charge is 0.209 e. The third kappa shape index (κ3) is 1.70. The van der Waals surface area contributed by atoms with Crippen LogP contribution in [0.15, 0.2) is 42.3 Å². The molecule has 11 heavy (non-hydrogen) atoms. The zero-order chi connectivity index (χ0) is 6.81. The zero-order valence-corrected chi connectivity index (χ0v) is 8.15. The summed E-state index contributed by atoms with van der Waals surface area (Å²) in [6.07, 6.45) is 15.4. The predicted octanol–water partition coefficient (Wildman–Crippen LogP) is -1.37. The fraction of sp³-hybridized carbons (Fsp3) is 0.111. The highest BCUT2D eigenvalue weighted by atomic mass is 127. The molecule has 2 aliphatic heterocycles. The van der Waals surface area contributed by atoms with Crippen LogP contribution < -0.4 is 24.0 Å². The molecule has 1 nitrogen and oxygen atoms in total. The monoisotopic (exact) mass is 257 g/mol. The van der Waals surface area contributed by atoms with Gasteiger partial charge in [-0.3, -0.25) is 0 Å². The van der Waals surface area contributed by atoms with Gasteiger partial charge in [0.15, 0.2) is 0 Å². The third-order valence-electron chi connectivity index (χ3n) is 1.59. The second-order valence-corrected chi connectivity index (χ2v) is 2.28. The molecule has 0 unspecified atom stereocenters. The largest absolute Gasteiger partial charge is 1.00 e. The number of nitrogens with zero attached hydrogens (tertiary/aromatic N) is 1. The average molecular weight is 257 g/mol. The van der Waals surface area contributed by atoms with Crippen LogP contribution in [0.5, 0.6) is 0 Å². The predicted molar refractivity (Wildman–Crippen MR) is 40.9 cm³/mol. The van der Waals surface area contributed by atoms with Crippen molar-refractivity contribution in [3.63, 3.8) is 0 Å². The van der Waals surface area contributed by atoms with Gasteiger partial charge in [-0.25, -0.2) is 0 Å². The normalized spacial score (nSPS) is 18.2. The molecular formula is C9H8IN. The lowest BCUT2D eigenvalue weighted by atomic mass is 10.2. The molecule has 2 heteroatoms. The molecule has 0 N–H and O–H groups in total. The Hall–Kier alpha value is -0.600. The SMILES string of the molecule is [C+]1=C2C=CC=CN2CC=C1.[I-]. The average Bonchev–Trinajstić information content (AvgIpc) is 2.05. The van der Waals surface area contributed by atoms with E-state index in [-0.39, 0.29) is 24.0 Å². The molecule has 0 bridgehead atoms. The second-order valence-electron chi connectivity index (χ2n) is 2.28. The van der Waals surface area contributed by atoms with E-state index in [4.69, 9.17) is 0 Å². The molecule has 0 aromatic carbocycles. The summed E-state index contributed by atoms with van der Waals surface area (Å²) in [7, 11) is 0. The molecule has 0 aliphatic carbocycles. The van der Waals surface area contributed by atoms with Gasteiger partial charge in [0, 0.05) is 12.3 Å². The lowest BCUT2D eigenvalue weighted by molar-refractivity contribution is -0.00000195. The highest BCUT2D eigenvalue weighted by Gasteiger charge is 2.13. The van der Waals surface area contributed by atoms with Gasteiger partial charge in [-0.05, 0) is 12.2 Å². The van der Waals surface area contributed by atoms with Gasteiger partial charge in [-0.1, -0.05) is 0 Å². The summed E-state index contributed by atoms with van der Waals surface area (Å²) >= 11 is 0. The van der Waals surface area contributed by atoms with E-state index >= 15 is 0 Å². The number of allylic oxidation sites excluding steroid dienone is 5. The summed E-state index contributed by atoms with van der Waals surface area (Å²) in [4.78, 5) is 2.15. The quantitative estimate of drug-likeness (QED) is 0.382. The minimum Gasteiger partial charge on any atom is -1.00 e. The molecular weight excluding hydrogens is 249 g/mol. The van der Waals surface area contributed by atoms with Crippen molar-refractivity contribution in [2.24, 2.45) is 0 Å². The number of rotatable bonds is 0. The van der Waals surface area contributed by atoms with Gasteiger partial charge >= 0.3 is 0 Å². The molecule has 0 aromatic rings. The van der Waals surface area contributed by atoms with Crippen molar-refractivity contribution in [2.45, 2.75) is 0 Å². The van der Waals surface area contributed by atoms with Gasteiger partial charge in [-0.15, -0.1) is 0 Å². The van der Waals surface area contributed by atoms with Crippen LogP contribution in [-0.4, -0.2) is 11.4 Å². The van der Waals surface area contributed by atoms with E-state index in [9.17, 15) is 0 Å². The Morgan fingerprint density at radius 3 is 3.09 bits per heavy atom.